The summed E-state index contributed by atoms with van der Waals surface area (Å²) >= 11 is 3.47. The van der Waals surface area contributed by atoms with E-state index >= 15 is 0 Å². The van der Waals surface area contributed by atoms with Gasteiger partial charge in [-0.1, -0.05) is 12.1 Å². The Kier molecular flexibility index (Phi) is 10.5. The van der Waals surface area contributed by atoms with Crippen molar-refractivity contribution in [1.29, 1.82) is 0 Å². The van der Waals surface area contributed by atoms with Crippen LogP contribution >= 0.6 is 39.9 Å². The van der Waals surface area contributed by atoms with Crippen molar-refractivity contribution in [2.24, 2.45) is 12.0 Å². The molecule has 0 aliphatic carbocycles. The summed E-state index contributed by atoms with van der Waals surface area (Å²) in [5.74, 6) is 0.269. The molecule has 1 aromatic heterocycles. The van der Waals surface area contributed by atoms with Gasteiger partial charge in [0, 0.05) is 50.6 Å². The molecule has 2 rings (SSSR count). The highest BCUT2D eigenvalue weighted by molar-refractivity contribution is 14.0. The number of aromatic nitrogens is 1. The van der Waals surface area contributed by atoms with Gasteiger partial charge in [-0.25, -0.2) is 4.39 Å². The molecule has 0 saturated heterocycles. The van der Waals surface area contributed by atoms with E-state index in [0.717, 1.165) is 16.1 Å². The number of nitrogens with zero attached hydrogens (tertiary/aromatic N) is 3. The van der Waals surface area contributed by atoms with Crippen LogP contribution in [0.2, 0.25) is 0 Å². The van der Waals surface area contributed by atoms with Gasteiger partial charge in [0.1, 0.15) is 5.82 Å². The van der Waals surface area contributed by atoms with Crippen LogP contribution in [-0.2, 0) is 24.8 Å². The van der Waals surface area contributed by atoms with Crippen LogP contribution in [0.5, 0.6) is 0 Å². The maximum Gasteiger partial charge on any atom is 0.224 e. The van der Waals surface area contributed by atoms with Crippen LogP contribution in [0.25, 0.3) is 0 Å². The third-order valence-corrected chi connectivity index (χ3v) is 4.46. The molecule has 0 aliphatic rings. The van der Waals surface area contributed by atoms with Crippen molar-refractivity contribution in [2.45, 2.75) is 13.0 Å². The van der Waals surface area contributed by atoms with Crippen LogP contribution in [0, 0.1) is 5.82 Å². The molecule has 0 aliphatic heterocycles. The Hall–Kier alpha value is -1.62. The fourth-order valence-corrected chi connectivity index (χ4v) is 3.27. The van der Waals surface area contributed by atoms with Crippen LogP contribution in [0.1, 0.15) is 11.3 Å². The van der Waals surface area contributed by atoms with Gasteiger partial charge in [0.2, 0.25) is 5.91 Å². The number of nitrogens with one attached hydrogen (secondary N) is 2. The molecule has 1 heterocycles. The molecule has 0 atom stereocenters. The second-order valence-electron chi connectivity index (χ2n) is 6.25. The zero-order chi connectivity index (χ0) is 19.8. The quantitative estimate of drug-likeness (QED) is 0.235. The van der Waals surface area contributed by atoms with E-state index in [1.54, 1.807) is 19.2 Å². The fourth-order valence-electron chi connectivity index (χ4n) is 2.70. The smallest absolute Gasteiger partial charge is 0.224 e. The molecule has 1 aromatic carbocycles. The van der Waals surface area contributed by atoms with E-state index in [4.69, 9.17) is 0 Å². The highest BCUT2D eigenvalue weighted by Crippen LogP contribution is 2.14. The average molecular weight is 566 g/mol. The maximum atomic E-state index is 13.1. The summed E-state index contributed by atoms with van der Waals surface area (Å²) in [6.07, 6.45) is 2.17. The lowest BCUT2D eigenvalue weighted by molar-refractivity contribution is -0.120. The van der Waals surface area contributed by atoms with Crippen LogP contribution in [-0.4, -0.2) is 48.5 Å². The molecule has 0 unspecified atom stereocenters. The van der Waals surface area contributed by atoms with Gasteiger partial charge in [0.05, 0.1) is 13.0 Å². The molecule has 0 spiro atoms. The van der Waals surface area contributed by atoms with E-state index in [2.05, 4.69) is 42.2 Å². The topological polar surface area (TPSA) is 61.7 Å². The molecule has 6 nitrogen and oxygen atoms in total. The molecule has 2 N–H and O–H groups in total. The molecule has 9 heteroatoms. The van der Waals surface area contributed by atoms with Gasteiger partial charge in [-0.3, -0.25) is 9.79 Å². The number of aryl methyl sites for hydroxylation is 1. The van der Waals surface area contributed by atoms with Crippen LogP contribution in [0.15, 0.2) is 46.0 Å². The van der Waals surface area contributed by atoms with E-state index in [0.29, 0.717) is 25.2 Å². The normalized spacial score (nSPS) is 11.0. The SMILES string of the molecule is CN=C(NCCNC(=O)Cc1cccc(F)c1)N(C)Cc1cc(Br)cn1C.I. The van der Waals surface area contributed by atoms with Crippen molar-refractivity contribution < 1.29 is 9.18 Å². The number of carbonyl (C=O) groups excluding carboxylic acids is 1. The Morgan fingerprint density at radius 2 is 2.00 bits per heavy atom. The molecule has 0 fully saturated rings. The van der Waals surface area contributed by atoms with Crippen molar-refractivity contribution in [3.8, 4) is 0 Å². The molecule has 154 valence electrons. The zero-order valence-corrected chi connectivity index (χ0v) is 20.1. The molecule has 0 saturated carbocycles. The van der Waals surface area contributed by atoms with Crippen molar-refractivity contribution in [1.82, 2.24) is 20.1 Å². The average Bonchev–Trinajstić information content (AvgIpc) is 2.92. The molecule has 0 radical (unpaired) electrons. The molecule has 1 amide bonds. The number of hydrogen-bond acceptors (Lipinski definition) is 2. The van der Waals surface area contributed by atoms with Gasteiger partial charge in [0.15, 0.2) is 5.96 Å². The molecular weight excluding hydrogens is 540 g/mol. The van der Waals surface area contributed by atoms with Crippen LogP contribution in [0.3, 0.4) is 0 Å². The van der Waals surface area contributed by atoms with Crippen molar-refractivity contribution in [3.05, 3.63) is 58.1 Å². The van der Waals surface area contributed by atoms with Gasteiger partial charge < -0.3 is 20.1 Å². The number of amides is 1. The Labute approximate surface area is 190 Å². The van der Waals surface area contributed by atoms with Gasteiger partial charge in [0.25, 0.3) is 0 Å². The minimum Gasteiger partial charge on any atom is -0.354 e. The Morgan fingerprint density at radius 3 is 2.61 bits per heavy atom. The number of benzene rings is 1. The van der Waals surface area contributed by atoms with E-state index in [-0.39, 0.29) is 42.1 Å². The Balaban J connectivity index is 0.00000392. The standard InChI is InChI=1S/C19H25BrFN5O.HI/c1-22-19(26(3)13-17-11-15(20)12-25(17)2)24-8-7-23-18(27)10-14-5-4-6-16(21)9-14;/h4-6,9,11-12H,7-8,10,13H2,1-3H3,(H,22,24)(H,23,27);1H. The summed E-state index contributed by atoms with van der Waals surface area (Å²) < 4.78 is 16.2. The first kappa shape index (κ1) is 24.4. The number of halogens is 3. The minimum absolute atomic E-state index is 0. The molecular formula is C19H26BrFIN5O. The number of guanidine groups is 1. The predicted molar refractivity (Wildman–Crippen MR) is 124 cm³/mol. The summed E-state index contributed by atoms with van der Waals surface area (Å²) in [5.41, 5.74) is 1.81. The van der Waals surface area contributed by atoms with Crippen LogP contribution < -0.4 is 10.6 Å². The first-order chi connectivity index (χ1) is 12.9. The van der Waals surface area contributed by atoms with Crippen molar-refractivity contribution in [3.63, 3.8) is 0 Å². The summed E-state index contributed by atoms with van der Waals surface area (Å²) in [6.45, 7) is 1.70. The number of carbonyl (C=O) groups is 1. The second kappa shape index (κ2) is 12.1. The summed E-state index contributed by atoms with van der Waals surface area (Å²) in [5, 5.41) is 6.05. The van der Waals surface area contributed by atoms with Crippen molar-refractivity contribution >= 4 is 51.8 Å². The predicted octanol–water partition coefficient (Wildman–Crippen LogP) is 2.91. The first-order valence-corrected chi connectivity index (χ1v) is 9.42. The van der Waals surface area contributed by atoms with Crippen molar-refractivity contribution in [2.75, 3.05) is 27.2 Å². The van der Waals surface area contributed by atoms with E-state index in [9.17, 15) is 9.18 Å². The third kappa shape index (κ3) is 7.78. The lowest BCUT2D eigenvalue weighted by atomic mass is 10.1. The maximum absolute atomic E-state index is 13.1. The lowest BCUT2D eigenvalue weighted by Crippen LogP contribution is -2.42. The Bertz CT molecular complexity index is 811. The summed E-state index contributed by atoms with van der Waals surface area (Å²) in [4.78, 5) is 18.2. The number of aliphatic imine (C=N–C) groups is 1. The van der Waals surface area contributed by atoms with Crippen LogP contribution in [0.4, 0.5) is 4.39 Å². The van der Waals surface area contributed by atoms with Gasteiger partial charge >= 0.3 is 0 Å². The highest BCUT2D eigenvalue weighted by atomic mass is 127. The number of hydrogen-bond donors (Lipinski definition) is 2. The lowest BCUT2D eigenvalue weighted by Gasteiger charge is -2.22. The first-order valence-electron chi connectivity index (χ1n) is 8.62. The monoisotopic (exact) mass is 565 g/mol. The molecule has 0 bridgehead atoms. The number of rotatable bonds is 7. The highest BCUT2D eigenvalue weighted by Gasteiger charge is 2.10. The third-order valence-electron chi connectivity index (χ3n) is 4.03. The molecule has 28 heavy (non-hydrogen) atoms. The largest absolute Gasteiger partial charge is 0.354 e. The molecule has 2 aromatic rings. The fraction of sp³-hybridized carbons (Fsp3) is 0.368. The van der Waals surface area contributed by atoms with Gasteiger partial charge in [-0.15, -0.1) is 24.0 Å². The van der Waals surface area contributed by atoms with Gasteiger partial charge in [-0.2, -0.15) is 0 Å². The zero-order valence-electron chi connectivity index (χ0n) is 16.2. The van der Waals surface area contributed by atoms with Gasteiger partial charge in [-0.05, 0) is 39.7 Å². The van der Waals surface area contributed by atoms with E-state index in [1.807, 2.05) is 25.2 Å². The summed E-state index contributed by atoms with van der Waals surface area (Å²) in [7, 11) is 5.68. The minimum atomic E-state index is -0.334. The summed E-state index contributed by atoms with van der Waals surface area (Å²) in [6, 6.07) is 8.14. The second-order valence-corrected chi connectivity index (χ2v) is 7.16. The Morgan fingerprint density at radius 1 is 1.29 bits per heavy atom. The van der Waals surface area contributed by atoms with E-state index in [1.165, 1.54) is 12.1 Å². The van der Waals surface area contributed by atoms with E-state index < -0.39 is 0 Å².